The summed E-state index contributed by atoms with van der Waals surface area (Å²) in [7, 11) is 5.63. The van der Waals surface area contributed by atoms with E-state index in [-0.39, 0.29) is 0 Å². The fraction of sp³-hybridized carbons (Fsp3) is 0.200. The highest BCUT2D eigenvalue weighted by atomic mass is 32.1. The Morgan fingerprint density at radius 2 is 2.00 bits per heavy atom. The van der Waals surface area contributed by atoms with Crippen molar-refractivity contribution in [1.29, 1.82) is 0 Å². The van der Waals surface area contributed by atoms with E-state index in [0.717, 1.165) is 32.4 Å². The Labute approximate surface area is 121 Å². The van der Waals surface area contributed by atoms with Gasteiger partial charge in [-0.2, -0.15) is 0 Å². The van der Waals surface area contributed by atoms with E-state index in [1.165, 1.54) is 0 Å². The molecule has 3 aromatic rings. The quantitative estimate of drug-likeness (QED) is 0.739. The number of hydrogen-bond donors (Lipinski definition) is 0. The van der Waals surface area contributed by atoms with Gasteiger partial charge in [0.2, 0.25) is 0 Å². The number of aromatic nitrogens is 2. The van der Waals surface area contributed by atoms with Gasteiger partial charge < -0.3 is 9.64 Å². The van der Waals surface area contributed by atoms with Crippen LogP contribution in [-0.2, 0) is 0 Å². The summed E-state index contributed by atoms with van der Waals surface area (Å²) in [4.78, 5) is 11.0. The molecule has 0 saturated carbocycles. The predicted octanol–water partition coefficient (Wildman–Crippen LogP) is 3.43. The minimum Gasteiger partial charge on any atom is -0.497 e. The van der Waals surface area contributed by atoms with Crippen LogP contribution in [0.1, 0.15) is 0 Å². The van der Waals surface area contributed by atoms with Crippen LogP contribution < -0.4 is 9.64 Å². The second kappa shape index (κ2) is 5.09. The number of thiazole rings is 1. The van der Waals surface area contributed by atoms with Gasteiger partial charge in [0, 0.05) is 25.9 Å². The standard InChI is InChI=1S/C15H15N3OS/c1-18(2)14-7-4-10(9-16-14)15-17-12-6-5-11(19-3)8-13(12)20-15/h4-9H,1-3H3. The number of ether oxygens (including phenoxy) is 1. The molecule has 0 aliphatic rings. The fourth-order valence-corrected chi connectivity index (χ4v) is 2.92. The minimum absolute atomic E-state index is 0.855. The van der Waals surface area contributed by atoms with Crippen molar-refractivity contribution in [1.82, 2.24) is 9.97 Å². The van der Waals surface area contributed by atoms with Crippen LogP contribution in [0.25, 0.3) is 20.8 Å². The van der Waals surface area contributed by atoms with E-state index < -0.39 is 0 Å². The first-order valence-electron chi connectivity index (χ1n) is 6.26. The Bertz CT molecular complexity index is 734. The Morgan fingerprint density at radius 3 is 2.65 bits per heavy atom. The number of rotatable bonds is 3. The van der Waals surface area contributed by atoms with Gasteiger partial charge in [-0.3, -0.25) is 0 Å². The number of methoxy groups -OCH3 is 1. The molecule has 2 aromatic heterocycles. The smallest absolute Gasteiger partial charge is 0.127 e. The number of anilines is 1. The first-order chi connectivity index (χ1) is 9.67. The van der Waals surface area contributed by atoms with Gasteiger partial charge in [0.25, 0.3) is 0 Å². The van der Waals surface area contributed by atoms with Gasteiger partial charge in [-0.15, -0.1) is 11.3 Å². The third-order valence-electron chi connectivity index (χ3n) is 3.05. The first-order valence-corrected chi connectivity index (χ1v) is 7.07. The molecule has 0 unspecified atom stereocenters. The lowest BCUT2D eigenvalue weighted by molar-refractivity contribution is 0.415. The van der Waals surface area contributed by atoms with Crippen LogP contribution in [0, 0.1) is 0 Å². The van der Waals surface area contributed by atoms with Crippen LogP contribution in [-0.4, -0.2) is 31.2 Å². The van der Waals surface area contributed by atoms with Crippen LogP contribution in [0.5, 0.6) is 5.75 Å². The van der Waals surface area contributed by atoms with Crippen molar-refractivity contribution >= 4 is 27.4 Å². The zero-order valence-electron chi connectivity index (χ0n) is 11.6. The van der Waals surface area contributed by atoms with Gasteiger partial charge >= 0.3 is 0 Å². The summed E-state index contributed by atoms with van der Waals surface area (Å²) in [6, 6.07) is 9.98. The Kier molecular flexibility index (Phi) is 3.28. The largest absolute Gasteiger partial charge is 0.497 e. The van der Waals surface area contributed by atoms with Crippen molar-refractivity contribution in [3.8, 4) is 16.3 Å². The van der Waals surface area contributed by atoms with Crippen LogP contribution in [0.2, 0.25) is 0 Å². The van der Waals surface area contributed by atoms with E-state index in [0.29, 0.717) is 0 Å². The van der Waals surface area contributed by atoms with Crippen LogP contribution in [0.15, 0.2) is 36.5 Å². The van der Waals surface area contributed by atoms with Gasteiger partial charge in [0.15, 0.2) is 0 Å². The van der Waals surface area contributed by atoms with Crippen LogP contribution in [0.3, 0.4) is 0 Å². The summed E-state index contributed by atoms with van der Waals surface area (Å²) in [6.07, 6.45) is 1.87. The number of hydrogen-bond acceptors (Lipinski definition) is 5. The lowest BCUT2D eigenvalue weighted by atomic mass is 10.3. The van der Waals surface area contributed by atoms with E-state index in [1.807, 2.05) is 49.5 Å². The molecule has 0 spiro atoms. The van der Waals surface area contributed by atoms with Gasteiger partial charge in [-0.25, -0.2) is 9.97 Å². The molecule has 0 atom stereocenters. The number of nitrogens with zero attached hydrogens (tertiary/aromatic N) is 3. The van der Waals surface area contributed by atoms with Crippen molar-refractivity contribution < 1.29 is 4.74 Å². The number of pyridine rings is 1. The molecule has 0 bridgehead atoms. The third kappa shape index (κ3) is 2.32. The molecule has 3 rings (SSSR count). The summed E-state index contributed by atoms with van der Waals surface area (Å²) < 4.78 is 6.36. The molecule has 0 fully saturated rings. The highest BCUT2D eigenvalue weighted by molar-refractivity contribution is 7.21. The predicted molar refractivity (Wildman–Crippen MR) is 83.7 cm³/mol. The van der Waals surface area contributed by atoms with Crippen LogP contribution >= 0.6 is 11.3 Å². The topological polar surface area (TPSA) is 38.2 Å². The van der Waals surface area contributed by atoms with Gasteiger partial charge in [-0.1, -0.05) is 0 Å². The molecule has 20 heavy (non-hydrogen) atoms. The van der Waals surface area contributed by atoms with Crippen molar-refractivity contribution in [3.05, 3.63) is 36.5 Å². The normalized spacial score (nSPS) is 10.8. The Balaban J connectivity index is 2.01. The van der Waals surface area contributed by atoms with E-state index in [1.54, 1.807) is 18.4 Å². The lowest BCUT2D eigenvalue weighted by Gasteiger charge is -2.10. The Morgan fingerprint density at radius 1 is 1.15 bits per heavy atom. The first kappa shape index (κ1) is 12.9. The van der Waals surface area contributed by atoms with Crippen molar-refractivity contribution in [2.45, 2.75) is 0 Å². The summed E-state index contributed by atoms with van der Waals surface area (Å²) in [5.41, 5.74) is 2.03. The second-order valence-electron chi connectivity index (χ2n) is 4.65. The maximum Gasteiger partial charge on any atom is 0.127 e. The van der Waals surface area contributed by atoms with Gasteiger partial charge in [0.05, 0.1) is 17.3 Å². The summed E-state index contributed by atoms with van der Waals surface area (Å²) in [5.74, 6) is 1.80. The van der Waals surface area contributed by atoms with E-state index in [9.17, 15) is 0 Å². The zero-order valence-corrected chi connectivity index (χ0v) is 12.4. The highest BCUT2D eigenvalue weighted by Crippen LogP contribution is 2.32. The van der Waals surface area contributed by atoms with Gasteiger partial charge in [-0.05, 0) is 30.3 Å². The number of fused-ring (bicyclic) bond motifs is 1. The summed E-state index contributed by atoms with van der Waals surface area (Å²) in [6.45, 7) is 0. The molecular weight excluding hydrogens is 270 g/mol. The van der Waals surface area contributed by atoms with Crippen molar-refractivity contribution in [2.75, 3.05) is 26.1 Å². The van der Waals surface area contributed by atoms with Gasteiger partial charge in [0.1, 0.15) is 16.6 Å². The van der Waals surface area contributed by atoms with Crippen LogP contribution in [0.4, 0.5) is 5.82 Å². The summed E-state index contributed by atoms with van der Waals surface area (Å²) >= 11 is 1.65. The molecule has 0 saturated heterocycles. The molecule has 2 heterocycles. The van der Waals surface area contributed by atoms with E-state index in [4.69, 9.17) is 4.74 Å². The minimum atomic E-state index is 0.855. The Hall–Kier alpha value is -2.14. The SMILES string of the molecule is COc1ccc2nc(-c3ccc(N(C)C)nc3)sc2c1. The monoisotopic (exact) mass is 285 g/mol. The molecule has 102 valence electrons. The zero-order chi connectivity index (χ0) is 14.1. The van der Waals surface area contributed by atoms with Crippen molar-refractivity contribution in [2.24, 2.45) is 0 Å². The summed E-state index contributed by atoms with van der Waals surface area (Å²) in [5, 5.41) is 0.978. The van der Waals surface area contributed by atoms with Crippen molar-refractivity contribution in [3.63, 3.8) is 0 Å². The second-order valence-corrected chi connectivity index (χ2v) is 5.68. The maximum atomic E-state index is 5.24. The molecular formula is C15H15N3OS. The van der Waals surface area contributed by atoms with E-state index in [2.05, 4.69) is 16.0 Å². The molecule has 0 aliphatic carbocycles. The molecule has 0 N–H and O–H groups in total. The molecule has 1 aromatic carbocycles. The maximum absolute atomic E-state index is 5.24. The highest BCUT2D eigenvalue weighted by Gasteiger charge is 2.08. The van der Waals surface area contributed by atoms with E-state index >= 15 is 0 Å². The molecule has 5 heteroatoms. The fourth-order valence-electron chi connectivity index (χ4n) is 1.93. The lowest BCUT2D eigenvalue weighted by Crippen LogP contribution is -2.09. The third-order valence-corrected chi connectivity index (χ3v) is 4.12. The average molecular weight is 285 g/mol. The molecule has 0 aliphatic heterocycles. The molecule has 0 amide bonds. The molecule has 0 radical (unpaired) electrons. The molecule has 4 nitrogen and oxygen atoms in total. The average Bonchev–Trinajstić information content (AvgIpc) is 2.90. The number of benzene rings is 1.